The molecule has 0 unspecified atom stereocenters. The standard InChI is InChI=1S/C22H34N2O2/c23-13-4-16-26-21-11-14-24(15-12-21)22(25)17-18-7-9-20(10-8-18)19-5-2-1-3-6-19/h1-3,5-6,18,20-21H,4,7-17,23H2. The SMILES string of the molecule is NCCCOC1CCN(C(=O)CC2CCC(c3ccccc3)CC2)CC1. The molecule has 0 bridgehead atoms. The molecule has 1 aromatic carbocycles. The van der Waals surface area contributed by atoms with Crippen LogP contribution >= 0.6 is 0 Å². The number of amides is 1. The quantitative estimate of drug-likeness (QED) is 0.756. The first-order valence-electron chi connectivity index (χ1n) is 10.4. The summed E-state index contributed by atoms with van der Waals surface area (Å²) in [4.78, 5) is 14.7. The second-order valence-electron chi connectivity index (χ2n) is 7.93. The minimum Gasteiger partial charge on any atom is -0.378 e. The number of carbonyl (C=O) groups is 1. The Kier molecular flexibility index (Phi) is 7.51. The predicted octanol–water partition coefficient (Wildman–Crippen LogP) is 3.71. The van der Waals surface area contributed by atoms with Crippen molar-refractivity contribution in [3.05, 3.63) is 35.9 Å². The highest BCUT2D eigenvalue weighted by molar-refractivity contribution is 5.76. The van der Waals surface area contributed by atoms with Gasteiger partial charge in [-0.15, -0.1) is 0 Å². The molecule has 144 valence electrons. The van der Waals surface area contributed by atoms with E-state index < -0.39 is 0 Å². The van der Waals surface area contributed by atoms with Crippen molar-refractivity contribution in [3.63, 3.8) is 0 Å². The number of piperidine rings is 1. The lowest BCUT2D eigenvalue weighted by Crippen LogP contribution is -2.41. The first-order valence-corrected chi connectivity index (χ1v) is 10.4. The maximum absolute atomic E-state index is 12.7. The van der Waals surface area contributed by atoms with Crippen LogP contribution in [0.2, 0.25) is 0 Å². The van der Waals surface area contributed by atoms with Gasteiger partial charge in [0.15, 0.2) is 0 Å². The minimum absolute atomic E-state index is 0.312. The van der Waals surface area contributed by atoms with Crippen LogP contribution in [-0.2, 0) is 9.53 Å². The Balaban J connectivity index is 1.36. The third-order valence-corrected chi connectivity index (χ3v) is 6.08. The number of hydrogen-bond acceptors (Lipinski definition) is 3. The van der Waals surface area contributed by atoms with E-state index >= 15 is 0 Å². The number of nitrogens with two attached hydrogens (primary N) is 1. The van der Waals surface area contributed by atoms with E-state index in [-0.39, 0.29) is 0 Å². The van der Waals surface area contributed by atoms with Gasteiger partial charge in [-0.25, -0.2) is 0 Å². The van der Waals surface area contributed by atoms with Crippen LogP contribution in [0.3, 0.4) is 0 Å². The Bertz CT molecular complexity index is 532. The van der Waals surface area contributed by atoms with E-state index in [0.29, 0.717) is 30.4 Å². The molecule has 0 atom stereocenters. The summed E-state index contributed by atoms with van der Waals surface area (Å²) in [5.74, 6) is 1.61. The number of carbonyl (C=O) groups excluding carboxylic acids is 1. The first-order chi connectivity index (χ1) is 12.8. The molecule has 0 aromatic heterocycles. The monoisotopic (exact) mass is 358 g/mol. The van der Waals surface area contributed by atoms with Crippen molar-refractivity contribution < 1.29 is 9.53 Å². The highest BCUT2D eigenvalue weighted by Crippen LogP contribution is 2.37. The molecule has 0 spiro atoms. The normalized spacial score (nSPS) is 24.6. The summed E-state index contributed by atoms with van der Waals surface area (Å²) in [6.45, 7) is 3.14. The van der Waals surface area contributed by atoms with Crippen LogP contribution in [0.1, 0.15) is 62.8 Å². The Morgan fingerprint density at radius 1 is 1.04 bits per heavy atom. The summed E-state index contributed by atoms with van der Waals surface area (Å²) in [5, 5.41) is 0. The molecule has 1 saturated carbocycles. The minimum atomic E-state index is 0.312. The van der Waals surface area contributed by atoms with Gasteiger partial charge in [0.2, 0.25) is 5.91 Å². The molecule has 2 N–H and O–H groups in total. The van der Waals surface area contributed by atoms with Gasteiger partial charge < -0.3 is 15.4 Å². The zero-order valence-electron chi connectivity index (χ0n) is 15.9. The second kappa shape index (κ2) is 10.1. The molecule has 4 heteroatoms. The highest BCUT2D eigenvalue weighted by atomic mass is 16.5. The molecule has 1 aliphatic carbocycles. The Labute approximate surface area is 158 Å². The molecule has 1 saturated heterocycles. The van der Waals surface area contributed by atoms with Crippen LogP contribution in [0.15, 0.2) is 30.3 Å². The lowest BCUT2D eigenvalue weighted by Gasteiger charge is -2.34. The third kappa shape index (κ3) is 5.55. The van der Waals surface area contributed by atoms with Crippen molar-refractivity contribution in [2.24, 2.45) is 11.7 Å². The fourth-order valence-corrected chi connectivity index (χ4v) is 4.41. The van der Waals surface area contributed by atoms with Gasteiger partial charge in [-0.05, 0) is 68.9 Å². The fraction of sp³-hybridized carbons (Fsp3) is 0.682. The van der Waals surface area contributed by atoms with Crippen molar-refractivity contribution in [2.75, 3.05) is 26.2 Å². The van der Waals surface area contributed by atoms with Gasteiger partial charge in [-0.1, -0.05) is 30.3 Å². The number of rotatable bonds is 7. The molecule has 2 aliphatic rings. The number of hydrogen-bond donors (Lipinski definition) is 1. The van der Waals surface area contributed by atoms with Crippen molar-refractivity contribution in [1.29, 1.82) is 0 Å². The molecule has 1 heterocycles. The van der Waals surface area contributed by atoms with Crippen LogP contribution in [0, 0.1) is 5.92 Å². The molecule has 1 aromatic rings. The van der Waals surface area contributed by atoms with Gasteiger partial charge in [-0.3, -0.25) is 4.79 Å². The smallest absolute Gasteiger partial charge is 0.222 e. The lowest BCUT2D eigenvalue weighted by atomic mass is 9.77. The molecule has 0 radical (unpaired) electrons. The number of nitrogens with zero attached hydrogens (tertiary/aromatic N) is 1. The molecule has 2 fully saturated rings. The van der Waals surface area contributed by atoms with Gasteiger partial charge >= 0.3 is 0 Å². The summed E-state index contributed by atoms with van der Waals surface area (Å²) in [7, 11) is 0. The molecule has 1 aliphatic heterocycles. The number of likely N-dealkylation sites (tertiary alicyclic amines) is 1. The van der Waals surface area contributed by atoms with E-state index in [1.807, 2.05) is 0 Å². The Morgan fingerprint density at radius 3 is 2.38 bits per heavy atom. The summed E-state index contributed by atoms with van der Waals surface area (Å²) in [5.41, 5.74) is 6.97. The average Bonchev–Trinajstić information content (AvgIpc) is 2.70. The second-order valence-corrected chi connectivity index (χ2v) is 7.93. The van der Waals surface area contributed by atoms with E-state index in [1.165, 1.54) is 31.2 Å². The maximum atomic E-state index is 12.7. The van der Waals surface area contributed by atoms with Crippen molar-refractivity contribution >= 4 is 5.91 Å². The van der Waals surface area contributed by atoms with E-state index in [0.717, 1.165) is 45.4 Å². The van der Waals surface area contributed by atoms with E-state index in [1.54, 1.807) is 0 Å². The van der Waals surface area contributed by atoms with E-state index in [9.17, 15) is 4.79 Å². The van der Waals surface area contributed by atoms with Crippen molar-refractivity contribution in [1.82, 2.24) is 4.90 Å². The zero-order valence-corrected chi connectivity index (χ0v) is 15.9. The van der Waals surface area contributed by atoms with E-state index in [4.69, 9.17) is 10.5 Å². The molecular formula is C22H34N2O2. The summed E-state index contributed by atoms with van der Waals surface area (Å²) < 4.78 is 5.84. The van der Waals surface area contributed by atoms with Gasteiger partial charge in [0.25, 0.3) is 0 Å². The Hall–Kier alpha value is -1.39. The van der Waals surface area contributed by atoms with Gasteiger partial charge in [0.05, 0.1) is 6.10 Å². The van der Waals surface area contributed by atoms with Crippen LogP contribution in [0.5, 0.6) is 0 Å². The summed E-state index contributed by atoms with van der Waals surface area (Å²) >= 11 is 0. The maximum Gasteiger partial charge on any atom is 0.222 e. The zero-order chi connectivity index (χ0) is 18.2. The molecule has 4 nitrogen and oxygen atoms in total. The molecule has 1 amide bonds. The average molecular weight is 359 g/mol. The summed E-state index contributed by atoms with van der Waals surface area (Å²) in [6.07, 6.45) is 8.72. The van der Waals surface area contributed by atoms with Crippen LogP contribution in [0.25, 0.3) is 0 Å². The largest absolute Gasteiger partial charge is 0.378 e. The van der Waals surface area contributed by atoms with Crippen LogP contribution in [0.4, 0.5) is 0 Å². The van der Waals surface area contributed by atoms with Gasteiger partial charge in [0, 0.05) is 26.1 Å². The lowest BCUT2D eigenvalue weighted by molar-refractivity contribution is -0.135. The van der Waals surface area contributed by atoms with Crippen molar-refractivity contribution in [3.8, 4) is 0 Å². The van der Waals surface area contributed by atoms with Crippen LogP contribution in [-0.4, -0.2) is 43.2 Å². The third-order valence-electron chi connectivity index (χ3n) is 6.08. The molecule has 26 heavy (non-hydrogen) atoms. The fourth-order valence-electron chi connectivity index (χ4n) is 4.41. The predicted molar refractivity (Wildman–Crippen MR) is 105 cm³/mol. The topological polar surface area (TPSA) is 55.6 Å². The van der Waals surface area contributed by atoms with Crippen LogP contribution < -0.4 is 5.73 Å². The van der Waals surface area contributed by atoms with E-state index in [2.05, 4.69) is 35.2 Å². The molecular weight excluding hydrogens is 324 g/mol. The van der Waals surface area contributed by atoms with Gasteiger partial charge in [0.1, 0.15) is 0 Å². The van der Waals surface area contributed by atoms with Crippen molar-refractivity contribution in [2.45, 2.75) is 63.4 Å². The summed E-state index contributed by atoms with van der Waals surface area (Å²) in [6, 6.07) is 10.8. The Morgan fingerprint density at radius 2 is 1.73 bits per heavy atom. The van der Waals surface area contributed by atoms with Gasteiger partial charge in [-0.2, -0.15) is 0 Å². The first kappa shape index (κ1) is 19.4. The number of benzene rings is 1. The molecule has 3 rings (SSSR count). The highest BCUT2D eigenvalue weighted by Gasteiger charge is 2.28. The number of ether oxygens (including phenoxy) is 1.